The smallest absolute Gasteiger partial charge is 0.0630 e. The minimum atomic E-state index is -1.36. The van der Waals surface area contributed by atoms with E-state index in [0.717, 1.165) is 17.8 Å². The Hall–Kier alpha value is -0.563. The molecule has 108 valence electrons. The van der Waals surface area contributed by atoms with Crippen LogP contribution in [0.3, 0.4) is 0 Å². The van der Waals surface area contributed by atoms with Gasteiger partial charge in [-0.3, -0.25) is 0 Å². The fraction of sp³-hybridized carbons (Fsp3) is 0.667. The first-order valence-electron chi connectivity index (χ1n) is 7.91. The Balaban J connectivity index is 3.16. The van der Waals surface area contributed by atoms with E-state index in [-0.39, 0.29) is 0 Å². The molecular formula is C18H32Si. The first-order chi connectivity index (χ1) is 8.85. The van der Waals surface area contributed by atoms with Crippen molar-refractivity contribution in [1.29, 1.82) is 0 Å². The van der Waals surface area contributed by atoms with Crippen LogP contribution in [0.4, 0.5) is 0 Å². The number of benzene rings is 1. The molecule has 19 heavy (non-hydrogen) atoms. The van der Waals surface area contributed by atoms with E-state index in [0.29, 0.717) is 0 Å². The summed E-state index contributed by atoms with van der Waals surface area (Å²) in [6, 6.07) is 15.7. The van der Waals surface area contributed by atoms with Crippen LogP contribution in [0.15, 0.2) is 30.3 Å². The van der Waals surface area contributed by atoms with E-state index >= 15 is 0 Å². The van der Waals surface area contributed by atoms with E-state index < -0.39 is 8.07 Å². The molecule has 0 nitrogen and oxygen atoms in total. The molecule has 0 radical (unpaired) electrons. The summed E-state index contributed by atoms with van der Waals surface area (Å²) in [5.41, 5.74) is 0. The van der Waals surface area contributed by atoms with E-state index in [1.165, 1.54) is 18.1 Å². The number of hydrogen-bond donors (Lipinski definition) is 0. The predicted molar refractivity (Wildman–Crippen MR) is 90.8 cm³/mol. The predicted octanol–water partition coefficient (Wildman–Crippen LogP) is 5.31. The van der Waals surface area contributed by atoms with Crippen LogP contribution in [-0.2, 0) is 0 Å². The lowest BCUT2D eigenvalue weighted by atomic mass is 10.2. The van der Waals surface area contributed by atoms with Gasteiger partial charge in [0.05, 0.1) is 8.07 Å². The number of rotatable bonds is 7. The van der Waals surface area contributed by atoms with E-state index in [2.05, 4.69) is 71.9 Å². The van der Waals surface area contributed by atoms with Crippen LogP contribution < -0.4 is 5.19 Å². The Morgan fingerprint density at radius 2 is 1.05 bits per heavy atom. The molecule has 0 bridgehead atoms. The van der Waals surface area contributed by atoms with Gasteiger partial charge in [-0.05, 0) is 17.8 Å². The average molecular weight is 277 g/mol. The highest BCUT2D eigenvalue weighted by Gasteiger charge is 2.36. The maximum absolute atomic E-state index is 2.40. The van der Waals surface area contributed by atoms with Crippen molar-refractivity contribution in [2.45, 2.75) is 59.7 Å². The summed E-state index contributed by atoms with van der Waals surface area (Å²) in [5.74, 6) is 2.43. The molecule has 1 heteroatoms. The molecule has 0 amide bonds. The molecule has 0 aliphatic heterocycles. The van der Waals surface area contributed by atoms with E-state index in [1.807, 2.05) is 0 Å². The zero-order valence-electron chi connectivity index (χ0n) is 13.7. The van der Waals surface area contributed by atoms with Crippen LogP contribution >= 0.6 is 0 Å². The molecule has 0 saturated heterocycles. The van der Waals surface area contributed by atoms with Crippen LogP contribution in [-0.4, -0.2) is 8.07 Å². The molecule has 0 aliphatic rings. The average Bonchev–Trinajstić information content (AvgIpc) is 2.27. The third-order valence-electron chi connectivity index (χ3n) is 3.78. The monoisotopic (exact) mass is 276 g/mol. The van der Waals surface area contributed by atoms with Crippen molar-refractivity contribution in [2.24, 2.45) is 17.8 Å². The Bertz CT molecular complexity index is 325. The topological polar surface area (TPSA) is 0 Å². The largest absolute Gasteiger partial charge is 0.0874 e. The minimum Gasteiger partial charge on any atom is -0.0630 e. The maximum atomic E-state index is 2.40. The first kappa shape index (κ1) is 16.5. The molecule has 0 spiro atoms. The van der Waals surface area contributed by atoms with Crippen molar-refractivity contribution in [1.82, 2.24) is 0 Å². The van der Waals surface area contributed by atoms with Crippen molar-refractivity contribution >= 4 is 13.3 Å². The molecule has 1 aromatic rings. The SMILES string of the molecule is CC(C)C[Si](CC(C)C)(CC(C)C)c1ccccc1. The highest BCUT2D eigenvalue weighted by atomic mass is 28.3. The van der Waals surface area contributed by atoms with Gasteiger partial charge >= 0.3 is 0 Å². The summed E-state index contributed by atoms with van der Waals surface area (Å²) in [5, 5.41) is 1.69. The standard InChI is InChI=1S/C18H32Si/c1-15(2)12-19(13-16(3)4,14-17(5)6)18-10-8-7-9-11-18/h7-11,15-17H,12-14H2,1-6H3. The van der Waals surface area contributed by atoms with Crippen LogP contribution in [0.5, 0.6) is 0 Å². The van der Waals surface area contributed by atoms with Gasteiger partial charge in [0.25, 0.3) is 0 Å². The molecule has 0 fully saturated rings. The maximum Gasteiger partial charge on any atom is 0.0874 e. The molecule has 0 N–H and O–H groups in total. The van der Waals surface area contributed by atoms with Crippen LogP contribution in [0, 0.1) is 17.8 Å². The third-order valence-corrected chi connectivity index (χ3v) is 10.1. The molecule has 0 atom stereocenters. The molecular weight excluding hydrogens is 244 g/mol. The Morgan fingerprint density at radius 1 is 0.684 bits per heavy atom. The van der Waals surface area contributed by atoms with Crippen molar-refractivity contribution < 1.29 is 0 Å². The fourth-order valence-corrected chi connectivity index (χ4v) is 10.5. The number of hydrogen-bond acceptors (Lipinski definition) is 0. The summed E-state index contributed by atoms with van der Waals surface area (Å²) >= 11 is 0. The summed E-state index contributed by atoms with van der Waals surface area (Å²) < 4.78 is 0. The normalized spacial score (nSPS) is 12.7. The van der Waals surface area contributed by atoms with Crippen molar-refractivity contribution in [3.63, 3.8) is 0 Å². The Labute approximate surface area is 121 Å². The van der Waals surface area contributed by atoms with Gasteiger partial charge in [-0.2, -0.15) is 0 Å². The van der Waals surface area contributed by atoms with Crippen LogP contribution in [0.1, 0.15) is 41.5 Å². The van der Waals surface area contributed by atoms with Gasteiger partial charge in [0, 0.05) is 0 Å². The second-order valence-electron chi connectivity index (χ2n) is 7.44. The third kappa shape index (κ3) is 5.14. The lowest BCUT2D eigenvalue weighted by Gasteiger charge is -2.37. The molecule has 0 unspecified atom stereocenters. The van der Waals surface area contributed by atoms with Crippen LogP contribution in [0.2, 0.25) is 18.1 Å². The van der Waals surface area contributed by atoms with Crippen molar-refractivity contribution in [3.8, 4) is 0 Å². The van der Waals surface area contributed by atoms with Crippen molar-refractivity contribution in [2.75, 3.05) is 0 Å². The second-order valence-corrected chi connectivity index (χ2v) is 11.8. The second kappa shape index (κ2) is 7.28. The summed E-state index contributed by atoms with van der Waals surface area (Å²) in [7, 11) is -1.36. The molecule has 0 saturated carbocycles. The molecule has 1 aromatic carbocycles. The summed E-state index contributed by atoms with van der Waals surface area (Å²) in [4.78, 5) is 0. The van der Waals surface area contributed by atoms with Crippen LogP contribution in [0.25, 0.3) is 0 Å². The van der Waals surface area contributed by atoms with E-state index in [4.69, 9.17) is 0 Å². The lowest BCUT2D eigenvalue weighted by molar-refractivity contribution is 0.649. The molecule has 1 rings (SSSR count). The summed E-state index contributed by atoms with van der Waals surface area (Å²) in [6.45, 7) is 14.4. The molecule has 0 heterocycles. The van der Waals surface area contributed by atoms with Gasteiger partial charge in [-0.25, -0.2) is 0 Å². The van der Waals surface area contributed by atoms with Gasteiger partial charge < -0.3 is 0 Å². The van der Waals surface area contributed by atoms with Gasteiger partial charge in [0.2, 0.25) is 0 Å². The highest BCUT2D eigenvalue weighted by molar-refractivity contribution is 6.92. The van der Waals surface area contributed by atoms with Gasteiger partial charge in [0.1, 0.15) is 0 Å². The van der Waals surface area contributed by atoms with Gasteiger partial charge in [0.15, 0.2) is 0 Å². The molecule has 0 aliphatic carbocycles. The van der Waals surface area contributed by atoms with E-state index in [9.17, 15) is 0 Å². The minimum absolute atomic E-state index is 0.810. The Morgan fingerprint density at radius 3 is 1.37 bits per heavy atom. The quantitative estimate of drug-likeness (QED) is 0.592. The summed E-state index contributed by atoms with van der Waals surface area (Å²) in [6.07, 6.45) is 0. The van der Waals surface area contributed by atoms with Gasteiger partial charge in [-0.1, -0.05) is 95.2 Å². The van der Waals surface area contributed by atoms with Gasteiger partial charge in [-0.15, -0.1) is 0 Å². The molecule has 0 aromatic heterocycles. The first-order valence-corrected chi connectivity index (χ1v) is 10.5. The van der Waals surface area contributed by atoms with Crippen molar-refractivity contribution in [3.05, 3.63) is 30.3 Å². The van der Waals surface area contributed by atoms with E-state index in [1.54, 1.807) is 5.19 Å². The zero-order valence-corrected chi connectivity index (χ0v) is 14.7. The lowest BCUT2D eigenvalue weighted by Crippen LogP contribution is -2.50. The Kier molecular flexibility index (Phi) is 6.32. The zero-order chi connectivity index (χ0) is 14.5. The highest BCUT2D eigenvalue weighted by Crippen LogP contribution is 2.31. The fourth-order valence-electron chi connectivity index (χ4n) is 3.74.